The van der Waals surface area contributed by atoms with E-state index in [-0.39, 0.29) is 18.1 Å². The number of ketones is 1. The highest BCUT2D eigenvalue weighted by Crippen LogP contribution is 2.10. The van der Waals surface area contributed by atoms with Crippen LogP contribution in [0.25, 0.3) is 0 Å². The topological polar surface area (TPSA) is 43.4 Å². The smallest absolute Gasteiger partial charge is 0.321 e. The van der Waals surface area contributed by atoms with Crippen molar-refractivity contribution in [1.29, 1.82) is 0 Å². The lowest BCUT2D eigenvalue weighted by Crippen LogP contribution is -2.15. The first kappa shape index (κ1) is 8.27. The van der Waals surface area contributed by atoms with Gasteiger partial charge in [0.05, 0.1) is 6.42 Å². The summed E-state index contributed by atoms with van der Waals surface area (Å²) in [6.07, 6.45) is 2.83. The summed E-state index contributed by atoms with van der Waals surface area (Å²) in [7, 11) is 0. The van der Waals surface area contributed by atoms with Crippen LogP contribution in [0.15, 0.2) is 12.2 Å². The lowest BCUT2D eigenvalue weighted by Gasteiger charge is -2.06. The highest BCUT2D eigenvalue weighted by molar-refractivity contribution is 6.26. The molecule has 0 aromatic carbocycles. The van der Waals surface area contributed by atoms with Crippen molar-refractivity contribution < 1.29 is 14.3 Å². The van der Waals surface area contributed by atoms with Crippen molar-refractivity contribution in [1.82, 2.24) is 0 Å². The molecule has 0 amide bonds. The Morgan fingerprint density at radius 1 is 1.82 bits per heavy atom. The van der Waals surface area contributed by atoms with Gasteiger partial charge in [-0.15, -0.1) is 11.6 Å². The summed E-state index contributed by atoms with van der Waals surface area (Å²) >= 11 is 5.18. The molecule has 0 aliphatic heterocycles. The van der Waals surface area contributed by atoms with Gasteiger partial charge >= 0.3 is 5.97 Å². The number of alkyl halides is 1. The standard InChI is InChI=1S/C7H7ClO3/c8-4-7(10)11-6-2-1-5(9)3-6/h1-2,6H,3-4H2. The van der Waals surface area contributed by atoms with E-state index >= 15 is 0 Å². The molecule has 1 unspecified atom stereocenters. The normalized spacial score (nSPS) is 22.3. The van der Waals surface area contributed by atoms with Crippen LogP contribution in [-0.2, 0) is 14.3 Å². The zero-order valence-corrected chi connectivity index (χ0v) is 6.50. The van der Waals surface area contributed by atoms with Crippen LogP contribution in [0.2, 0.25) is 0 Å². The quantitative estimate of drug-likeness (QED) is 0.457. The molecule has 1 rings (SSSR count). The molecule has 0 saturated carbocycles. The second-order valence-corrected chi connectivity index (χ2v) is 2.46. The van der Waals surface area contributed by atoms with E-state index in [4.69, 9.17) is 16.3 Å². The number of hydrogen-bond donors (Lipinski definition) is 0. The number of carbonyl (C=O) groups is 2. The molecular weight excluding hydrogens is 168 g/mol. The molecule has 0 N–H and O–H groups in total. The Balaban J connectivity index is 2.35. The highest BCUT2D eigenvalue weighted by Gasteiger charge is 2.18. The number of esters is 1. The minimum atomic E-state index is -0.490. The molecule has 0 aromatic rings. The number of carbonyl (C=O) groups excluding carboxylic acids is 2. The SMILES string of the molecule is O=C1C=CC(OC(=O)CCl)C1. The molecule has 0 fully saturated rings. The third kappa shape index (κ3) is 2.35. The molecule has 11 heavy (non-hydrogen) atoms. The third-order valence-corrected chi connectivity index (χ3v) is 1.51. The van der Waals surface area contributed by atoms with Gasteiger partial charge in [-0.1, -0.05) is 0 Å². The second-order valence-electron chi connectivity index (χ2n) is 2.19. The minimum Gasteiger partial charge on any atom is -0.457 e. The zero-order chi connectivity index (χ0) is 8.27. The van der Waals surface area contributed by atoms with Crippen LogP contribution in [0.5, 0.6) is 0 Å². The van der Waals surface area contributed by atoms with E-state index in [1.165, 1.54) is 6.08 Å². The molecule has 0 bridgehead atoms. The van der Waals surface area contributed by atoms with Crippen LogP contribution in [0.3, 0.4) is 0 Å². The van der Waals surface area contributed by atoms with Crippen molar-refractivity contribution in [3.8, 4) is 0 Å². The van der Waals surface area contributed by atoms with E-state index in [9.17, 15) is 9.59 Å². The number of rotatable bonds is 2. The van der Waals surface area contributed by atoms with Crippen LogP contribution in [0.1, 0.15) is 6.42 Å². The lowest BCUT2D eigenvalue weighted by atomic mass is 10.3. The van der Waals surface area contributed by atoms with Gasteiger partial charge < -0.3 is 4.74 Å². The van der Waals surface area contributed by atoms with E-state index in [0.29, 0.717) is 0 Å². The van der Waals surface area contributed by atoms with E-state index in [1.54, 1.807) is 6.08 Å². The zero-order valence-electron chi connectivity index (χ0n) is 5.75. The van der Waals surface area contributed by atoms with Gasteiger partial charge in [-0.25, -0.2) is 0 Å². The van der Waals surface area contributed by atoms with E-state index < -0.39 is 12.1 Å². The van der Waals surface area contributed by atoms with E-state index in [1.807, 2.05) is 0 Å². The van der Waals surface area contributed by atoms with Crippen LogP contribution < -0.4 is 0 Å². The Morgan fingerprint density at radius 2 is 2.55 bits per heavy atom. The molecule has 0 spiro atoms. The van der Waals surface area contributed by atoms with Gasteiger partial charge in [-0.05, 0) is 12.2 Å². The van der Waals surface area contributed by atoms with Crippen molar-refractivity contribution in [2.45, 2.75) is 12.5 Å². The van der Waals surface area contributed by atoms with Crippen molar-refractivity contribution in [3.05, 3.63) is 12.2 Å². The van der Waals surface area contributed by atoms with Gasteiger partial charge in [-0.2, -0.15) is 0 Å². The summed E-state index contributed by atoms with van der Waals surface area (Å²) in [5, 5.41) is 0. The predicted octanol–water partition coefficient (Wildman–Crippen LogP) is 0.666. The molecule has 3 nitrogen and oxygen atoms in total. The molecule has 0 radical (unpaired) electrons. The Kier molecular flexibility index (Phi) is 2.65. The summed E-state index contributed by atoms with van der Waals surface area (Å²) in [5.41, 5.74) is 0. The maximum atomic E-state index is 10.6. The van der Waals surface area contributed by atoms with Crippen molar-refractivity contribution in [2.75, 3.05) is 5.88 Å². The molecule has 1 aliphatic carbocycles. The molecule has 0 heterocycles. The Bertz CT molecular complexity index is 210. The summed E-state index contributed by atoms with van der Waals surface area (Å²) in [5.74, 6) is -0.674. The first-order valence-corrected chi connectivity index (χ1v) is 3.72. The van der Waals surface area contributed by atoms with Crippen LogP contribution >= 0.6 is 11.6 Å². The first-order valence-electron chi connectivity index (χ1n) is 3.19. The minimum absolute atomic E-state index is 0.0163. The first-order chi connectivity index (χ1) is 5.22. The van der Waals surface area contributed by atoms with Crippen molar-refractivity contribution in [3.63, 3.8) is 0 Å². The fourth-order valence-electron chi connectivity index (χ4n) is 0.830. The summed E-state index contributed by atoms with van der Waals surface area (Å²) in [6, 6.07) is 0. The molecule has 4 heteroatoms. The fraction of sp³-hybridized carbons (Fsp3) is 0.429. The van der Waals surface area contributed by atoms with E-state index in [0.717, 1.165) is 0 Å². The molecule has 0 saturated heterocycles. The number of allylic oxidation sites excluding steroid dienone is 1. The average molecular weight is 175 g/mol. The Morgan fingerprint density at radius 3 is 3.00 bits per heavy atom. The molecule has 1 atom stereocenters. The van der Waals surface area contributed by atoms with Crippen molar-refractivity contribution in [2.24, 2.45) is 0 Å². The van der Waals surface area contributed by atoms with Gasteiger partial charge in [-0.3, -0.25) is 9.59 Å². The molecule has 0 aromatic heterocycles. The van der Waals surface area contributed by atoms with Crippen LogP contribution in [0, 0.1) is 0 Å². The highest BCUT2D eigenvalue weighted by atomic mass is 35.5. The summed E-state index contributed by atoms with van der Waals surface area (Å²) in [6.45, 7) is 0. The van der Waals surface area contributed by atoms with Gasteiger partial charge in [0.2, 0.25) is 0 Å². The van der Waals surface area contributed by atoms with E-state index in [2.05, 4.69) is 0 Å². The Labute approximate surface area is 69.0 Å². The second kappa shape index (κ2) is 3.53. The average Bonchev–Trinajstić information content (AvgIpc) is 2.35. The lowest BCUT2D eigenvalue weighted by molar-refractivity contribution is -0.144. The molecular formula is C7H7ClO3. The number of ether oxygens (including phenoxy) is 1. The summed E-state index contributed by atoms with van der Waals surface area (Å²) in [4.78, 5) is 21.2. The molecule has 1 aliphatic rings. The summed E-state index contributed by atoms with van der Waals surface area (Å²) < 4.78 is 4.75. The Hall–Kier alpha value is -0.830. The fourth-order valence-corrected chi connectivity index (χ4v) is 0.893. The van der Waals surface area contributed by atoms with Gasteiger partial charge in [0.15, 0.2) is 5.78 Å². The number of halogens is 1. The maximum Gasteiger partial charge on any atom is 0.321 e. The third-order valence-electron chi connectivity index (χ3n) is 1.29. The van der Waals surface area contributed by atoms with Gasteiger partial charge in [0.1, 0.15) is 12.0 Å². The van der Waals surface area contributed by atoms with Crippen LogP contribution in [-0.4, -0.2) is 23.7 Å². The van der Waals surface area contributed by atoms with Gasteiger partial charge in [0.25, 0.3) is 0 Å². The largest absolute Gasteiger partial charge is 0.457 e. The number of hydrogen-bond acceptors (Lipinski definition) is 3. The monoisotopic (exact) mass is 174 g/mol. The van der Waals surface area contributed by atoms with Crippen LogP contribution in [0.4, 0.5) is 0 Å². The maximum absolute atomic E-state index is 10.6. The molecule has 60 valence electrons. The predicted molar refractivity (Wildman–Crippen MR) is 39.4 cm³/mol. The van der Waals surface area contributed by atoms with Crippen molar-refractivity contribution >= 4 is 23.4 Å². The van der Waals surface area contributed by atoms with Gasteiger partial charge in [0, 0.05) is 0 Å².